The molecule has 1 fully saturated rings. The standard InChI is InChI=1S/C12H17N3O/c1-8-3-4-9(7-10(8)13)14-11-5-6-15(2)12(11)16/h3-4,7,11,14H,5-6,13H2,1-2H3. The molecule has 0 bridgehead atoms. The van der Waals surface area contributed by atoms with E-state index < -0.39 is 0 Å². The predicted octanol–water partition coefficient (Wildman–Crippen LogP) is 1.22. The number of amides is 1. The zero-order chi connectivity index (χ0) is 11.7. The first-order valence-corrected chi connectivity index (χ1v) is 5.45. The highest BCUT2D eigenvalue weighted by molar-refractivity contribution is 5.86. The lowest BCUT2D eigenvalue weighted by atomic mass is 10.1. The van der Waals surface area contributed by atoms with Crippen LogP contribution in [-0.4, -0.2) is 30.4 Å². The van der Waals surface area contributed by atoms with Crippen molar-refractivity contribution in [3.63, 3.8) is 0 Å². The lowest BCUT2D eigenvalue weighted by molar-refractivity contribution is -0.127. The van der Waals surface area contributed by atoms with E-state index in [1.54, 1.807) is 4.90 Å². The Morgan fingerprint density at radius 1 is 1.50 bits per heavy atom. The van der Waals surface area contributed by atoms with Crippen LogP contribution in [0.1, 0.15) is 12.0 Å². The van der Waals surface area contributed by atoms with Crippen LogP contribution in [0.5, 0.6) is 0 Å². The number of likely N-dealkylation sites (tertiary alicyclic amines) is 1. The van der Waals surface area contributed by atoms with E-state index in [4.69, 9.17) is 5.73 Å². The molecule has 0 aromatic heterocycles. The number of hydrogen-bond acceptors (Lipinski definition) is 3. The molecule has 1 amide bonds. The lowest BCUT2D eigenvalue weighted by Gasteiger charge is -2.14. The minimum absolute atomic E-state index is 0.105. The van der Waals surface area contributed by atoms with Crippen LogP contribution in [0.2, 0.25) is 0 Å². The summed E-state index contributed by atoms with van der Waals surface area (Å²) in [6, 6.07) is 5.69. The normalized spacial score (nSPS) is 20.2. The van der Waals surface area contributed by atoms with Crippen molar-refractivity contribution < 1.29 is 4.79 Å². The fourth-order valence-electron chi connectivity index (χ4n) is 1.89. The summed E-state index contributed by atoms with van der Waals surface area (Å²) in [4.78, 5) is 13.4. The number of rotatable bonds is 2. The van der Waals surface area contributed by atoms with Gasteiger partial charge in [-0.3, -0.25) is 4.79 Å². The minimum atomic E-state index is -0.105. The first kappa shape index (κ1) is 10.8. The van der Waals surface area contributed by atoms with Crippen molar-refractivity contribution in [3.8, 4) is 0 Å². The zero-order valence-electron chi connectivity index (χ0n) is 9.66. The molecule has 0 radical (unpaired) electrons. The molecule has 16 heavy (non-hydrogen) atoms. The van der Waals surface area contributed by atoms with Crippen LogP contribution in [-0.2, 0) is 4.79 Å². The molecule has 3 N–H and O–H groups in total. The summed E-state index contributed by atoms with van der Waals surface area (Å²) >= 11 is 0. The van der Waals surface area contributed by atoms with Gasteiger partial charge < -0.3 is 16.0 Å². The fraction of sp³-hybridized carbons (Fsp3) is 0.417. The number of carbonyl (C=O) groups is 1. The summed E-state index contributed by atoms with van der Waals surface area (Å²) in [6.45, 7) is 2.78. The summed E-state index contributed by atoms with van der Waals surface area (Å²) in [5.41, 5.74) is 8.54. The van der Waals surface area contributed by atoms with Gasteiger partial charge in [0.1, 0.15) is 6.04 Å². The van der Waals surface area contributed by atoms with Gasteiger partial charge in [-0.1, -0.05) is 6.07 Å². The Morgan fingerprint density at radius 3 is 2.81 bits per heavy atom. The van der Waals surface area contributed by atoms with E-state index in [1.165, 1.54) is 0 Å². The molecule has 1 saturated heterocycles. The fourth-order valence-corrected chi connectivity index (χ4v) is 1.89. The van der Waals surface area contributed by atoms with Gasteiger partial charge in [-0.2, -0.15) is 0 Å². The van der Waals surface area contributed by atoms with Crippen LogP contribution in [0.25, 0.3) is 0 Å². The number of aryl methyl sites for hydroxylation is 1. The molecular formula is C12H17N3O. The first-order chi connectivity index (χ1) is 7.58. The highest BCUT2D eigenvalue weighted by Gasteiger charge is 2.28. The van der Waals surface area contributed by atoms with Crippen molar-refractivity contribution in [2.45, 2.75) is 19.4 Å². The van der Waals surface area contributed by atoms with Crippen molar-refractivity contribution in [2.24, 2.45) is 0 Å². The smallest absolute Gasteiger partial charge is 0.244 e. The third-order valence-electron chi connectivity index (χ3n) is 3.05. The van der Waals surface area contributed by atoms with Crippen LogP contribution in [0.15, 0.2) is 18.2 Å². The van der Waals surface area contributed by atoms with Gasteiger partial charge in [0, 0.05) is 25.0 Å². The number of nitrogens with one attached hydrogen (secondary N) is 1. The summed E-state index contributed by atoms with van der Waals surface area (Å²) in [6.07, 6.45) is 0.850. The average Bonchev–Trinajstić information content (AvgIpc) is 2.55. The predicted molar refractivity (Wildman–Crippen MR) is 65.3 cm³/mol. The van der Waals surface area contributed by atoms with E-state index >= 15 is 0 Å². The maximum absolute atomic E-state index is 11.7. The Kier molecular flexibility index (Phi) is 2.73. The molecule has 0 spiro atoms. The van der Waals surface area contributed by atoms with Crippen molar-refractivity contribution in [1.82, 2.24) is 4.90 Å². The van der Waals surface area contributed by atoms with E-state index in [0.717, 1.165) is 29.9 Å². The number of nitrogen functional groups attached to an aromatic ring is 1. The number of anilines is 2. The molecule has 1 atom stereocenters. The van der Waals surface area contributed by atoms with Crippen molar-refractivity contribution >= 4 is 17.3 Å². The van der Waals surface area contributed by atoms with Gasteiger partial charge in [0.2, 0.25) is 5.91 Å². The molecule has 1 aliphatic heterocycles. The molecule has 1 heterocycles. The largest absolute Gasteiger partial charge is 0.398 e. The van der Waals surface area contributed by atoms with E-state index in [2.05, 4.69) is 5.32 Å². The summed E-state index contributed by atoms with van der Waals surface area (Å²) in [5, 5.41) is 3.22. The van der Waals surface area contributed by atoms with Crippen molar-refractivity contribution in [3.05, 3.63) is 23.8 Å². The van der Waals surface area contributed by atoms with Crippen LogP contribution >= 0.6 is 0 Å². The zero-order valence-corrected chi connectivity index (χ0v) is 9.66. The number of nitrogens with zero attached hydrogens (tertiary/aromatic N) is 1. The molecular weight excluding hydrogens is 202 g/mol. The molecule has 86 valence electrons. The van der Waals surface area contributed by atoms with Crippen molar-refractivity contribution in [1.29, 1.82) is 0 Å². The van der Waals surface area contributed by atoms with Gasteiger partial charge in [-0.05, 0) is 31.0 Å². The number of benzene rings is 1. The number of carbonyl (C=O) groups excluding carboxylic acids is 1. The number of likely N-dealkylation sites (N-methyl/N-ethyl adjacent to an activating group) is 1. The molecule has 1 unspecified atom stereocenters. The van der Waals surface area contributed by atoms with Gasteiger partial charge in [0.25, 0.3) is 0 Å². The van der Waals surface area contributed by atoms with E-state index in [0.29, 0.717) is 0 Å². The van der Waals surface area contributed by atoms with Gasteiger partial charge in [-0.25, -0.2) is 0 Å². The van der Waals surface area contributed by atoms with Gasteiger partial charge in [0.15, 0.2) is 0 Å². The molecule has 4 heteroatoms. The monoisotopic (exact) mass is 219 g/mol. The number of nitrogens with two attached hydrogens (primary N) is 1. The summed E-state index contributed by atoms with van der Waals surface area (Å²) < 4.78 is 0. The SMILES string of the molecule is Cc1ccc(NC2CCN(C)C2=O)cc1N. The highest BCUT2D eigenvalue weighted by Crippen LogP contribution is 2.20. The second kappa shape index (κ2) is 4.04. The Bertz CT molecular complexity index is 417. The Hall–Kier alpha value is -1.71. The second-order valence-corrected chi connectivity index (χ2v) is 4.32. The average molecular weight is 219 g/mol. The molecule has 0 saturated carbocycles. The van der Waals surface area contributed by atoms with Crippen molar-refractivity contribution in [2.75, 3.05) is 24.6 Å². The van der Waals surface area contributed by atoms with Gasteiger partial charge in [0.05, 0.1) is 0 Å². The maximum atomic E-state index is 11.7. The Morgan fingerprint density at radius 2 is 2.25 bits per heavy atom. The molecule has 2 rings (SSSR count). The Labute approximate surface area is 95.4 Å². The Balaban J connectivity index is 2.10. The topological polar surface area (TPSA) is 58.4 Å². The van der Waals surface area contributed by atoms with E-state index in [9.17, 15) is 4.79 Å². The van der Waals surface area contributed by atoms with Crippen LogP contribution in [0.4, 0.5) is 11.4 Å². The quantitative estimate of drug-likeness (QED) is 0.735. The number of hydrogen-bond donors (Lipinski definition) is 2. The lowest BCUT2D eigenvalue weighted by Crippen LogP contribution is -2.30. The molecule has 0 aliphatic carbocycles. The van der Waals surface area contributed by atoms with Crippen LogP contribution in [0.3, 0.4) is 0 Å². The molecule has 1 aromatic carbocycles. The first-order valence-electron chi connectivity index (χ1n) is 5.45. The summed E-state index contributed by atoms with van der Waals surface area (Å²) in [7, 11) is 1.83. The molecule has 4 nitrogen and oxygen atoms in total. The third kappa shape index (κ3) is 1.96. The third-order valence-corrected chi connectivity index (χ3v) is 3.05. The van der Waals surface area contributed by atoms with Crippen LogP contribution < -0.4 is 11.1 Å². The maximum Gasteiger partial charge on any atom is 0.244 e. The van der Waals surface area contributed by atoms with Gasteiger partial charge >= 0.3 is 0 Å². The van der Waals surface area contributed by atoms with Gasteiger partial charge in [-0.15, -0.1) is 0 Å². The van der Waals surface area contributed by atoms with Crippen LogP contribution in [0, 0.1) is 6.92 Å². The molecule has 1 aliphatic rings. The summed E-state index contributed by atoms with van der Waals surface area (Å²) in [5.74, 6) is 0.152. The van der Waals surface area contributed by atoms with E-state index in [1.807, 2.05) is 32.2 Å². The second-order valence-electron chi connectivity index (χ2n) is 4.32. The molecule has 1 aromatic rings. The minimum Gasteiger partial charge on any atom is -0.398 e. The highest BCUT2D eigenvalue weighted by atomic mass is 16.2. The van der Waals surface area contributed by atoms with E-state index in [-0.39, 0.29) is 11.9 Å².